The summed E-state index contributed by atoms with van der Waals surface area (Å²) in [7, 11) is 0. The maximum absolute atomic E-state index is 11.3. The Morgan fingerprint density at radius 3 is 2.50 bits per heavy atom. The van der Waals surface area contributed by atoms with Crippen LogP contribution in [0.25, 0.3) is 16.3 Å². The van der Waals surface area contributed by atoms with Crippen molar-refractivity contribution in [2.75, 3.05) is 0 Å². The van der Waals surface area contributed by atoms with Crippen LogP contribution in [0.15, 0.2) is 47.5 Å². The minimum atomic E-state index is -0.142. The highest BCUT2D eigenvalue weighted by Gasteiger charge is 2.29. The van der Waals surface area contributed by atoms with Gasteiger partial charge in [-0.1, -0.05) is 36.4 Å². The van der Waals surface area contributed by atoms with E-state index in [4.69, 9.17) is 0 Å². The van der Waals surface area contributed by atoms with Gasteiger partial charge in [0.15, 0.2) is 0 Å². The van der Waals surface area contributed by atoms with Crippen LogP contribution in [-0.4, -0.2) is 11.6 Å². The molecule has 74 valence electrons. The summed E-state index contributed by atoms with van der Waals surface area (Å²) in [6.45, 7) is 0. The van der Waals surface area contributed by atoms with Gasteiger partial charge in [-0.3, -0.25) is 4.79 Å². The Morgan fingerprint density at radius 1 is 0.938 bits per heavy atom. The molecule has 0 saturated heterocycles. The largest absolute Gasteiger partial charge is 0.270 e. The fourth-order valence-corrected chi connectivity index (χ4v) is 2.57. The number of fused-ring (bicyclic) bond motifs is 3. The summed E-state index contributed by atoms with van der Waals surface area (Å²) in [6.07, 6.45) is 1.63. The van der Waals surface area contributed by atoms with Crippen molar-refractivity contribution in [1.82, 2.24) is 0 Å². The van der Waals surface area contributed by atoms with E-state index < -0.39 is 0 Å². The first kappa shape index (κ1) is 7.99. The van der Waals surface area contributed by atoms with Crippen molar-refractivity contribution in [3.8, 4) is 0 Å². The second-order valence-electron chi connectivity index (χ2n) is 4.07. The molecule has 0 radical (unpaired) electrons. The maximum atomic E-state index is 11.3. The third-order valence-electron chi connectivity index (χ3n) is 3.19. The standard InChI is InChI=1S/C14H7NO/c16-12-7-11-9-5-1-3-8-4-2-6-10(13(8)9)14(11)15-12/h1-7H. The molecule has 1 aliphatic carbocycles. The molecule has 2 aliphatic rings. The Bertz CT molecular complexity index is 666. The summed E-state index contributed by atoms with van der Waals surface area (Å²) in [6, 6.07) is 12.3. The fourth-order valence-electron chi connectivity index (χ4n) is 2.57. The molecule has 2 aromatic carbocycles. The van der Waals surface area contributed by atoms with Gasteiger partial charge in [-0.25, -0.2) is 4.99 Å². The molecule has 0 saturated carbocycles. The SMILES string of the molecule is O=C1C=C2C(=N1)c1cccc3cccc2c13. The van der Waals surface area contributed by atoms with E-state index >= 15 is 0 Å². The zero-order chi connectivity index (χ0) is 10.7. The number of hydrogen-bond acceptors (Lipinski definition) is 1. The fraction of sp³-hybridized carbons (Fsp3) is 0. The molecule has 2 nitrogen and oxygen atoms in total. The molecule has 0 bridgehead atoms. The van der Waals surface area contributed by atoms with Crippen LogP contribution in [0.1, 0.15) is 11.1 Å². The summed E-state index contributed by atoms with van der Waals surface area (Å²) in [5.74, 6) is -0.142. The van der Waals surface area contributed by atoms with E-state index in [-0.39, 0.29) is 5.91 Å². The molecule has 4 rings (SSSR count). The molecule has 0 fully saturated rings. The summed E-state index contributed by atoms with van der Waals surface area (Å²) in [4.78, 5) is 15.4. The average Bonchev–Trinajstić information content (AvgIpc) is 2.80. The quantitative estimate of drug-likeness (QED) is 0.650. The molecule has 0 aromatic heterocycles. The van der Waals surface area contributed by atoms with Crippen LogP contribution in [0.5, 0.6) is 0 Å². The highest BCUT2D eigenvalue weighted by Crippen LogP contribution is 2.39. The topological polar surface area (TPSA) is 29.4 Å². The van der Waals surface area contributed by atoms with Crippen LogP contribution in [0.4, 0.5) is 0 Å². The van der Waals surface area contributed by atoms with E-state index in [0.717, 1.165) is 22.4 Å². The molecule has 0 spiro atoms. The zero-order valence-corrected chi connectivity index (χ0v) is 8.40. The lowest BCUT2D eigenvalue weighted by Gasteiger charge is -1.99. The molecule has 1 amide bonds. The lowest BCUT2D eigenvalue weighted by Crippen LogP contribution is -1.92. The van der Waals surface area contributed by atoms with Crippen molar-refractivity contribution in [2.24, 2.45) is 4.99 Å². The number of rotatable bonds is 0. The first-order valence-electron chi connectivity index (χ1n) is 5.22. The van der Waals surface area contributed by atoms with Crippen molar-refractivity contribution < 1.29 is 4.79 Å². The third-order valence-corrected chi connectivity index (χ3v) is 3.19. The number of amides is 1. The van der Waals surface area contributed by atoms with E-state index in [0.29, 0.717) is 0 Å². The summed E-state index contributed by atoms with van der Waals surface area (Å²) < 4.78 is 0. The van der Waals surface area contributed by atoms with Crippen LogP contribution in [0.2, 0.25) is 0 Å². The Morgan fingerprint density at radius 2 is 1.69 bits per heavy atom. The van der Waals surface area contributed by atoms with Crippen LogP contribution in [0, 0.1) is 0 Å². The first-order chi connectivity index (χ1) is 7.84. The van der Waals surface area contributed by atoms with E-state index in [1.165, 1.54) is 10.8 Å². The maximum Gasteiger partial charge on any atom is 0.270 e. The highest BCUT2D eigenvalue weighted by atomic mass is 16.1. The minimum absolute atomic E-state index is 0.142. The van der Waals surface area contributed by atoms with Gasteiger partial charge >= 0.3 is 0 Å². The number of aliphatic imine (C=N–C) groups is 1. The van der Waals surface area contributed by atoms with Crippen molar-refractivity contribution >= 4 is 28.0 Å². The Kier molecular flexibility index (Phi) is 1.24. The van der Waals surface area contributed by atoms with Gasteiger partial charge < -0.3 is 0 Å². The summed E-state index contributed by atoms with van der Waals surface area (Å²) in [5, 5.41) is 2.43. The molecule has 0 unspecified atom stereocenters. The van der Waals surface area contributed by atoms with E-state index in [1.807, 2.05) is 18.2 Å². The average molecular weight is 205 g/mol. The first-order valence-corrected chi connectivity index (χ1v) is 5.22. The second-order valence-corrected chi connectivity index (χ2v) is 4.07. The lowest BCUT2D eigenvalue weighted by molar-refractivity contribution is -0.113. The summed E-state index contributed by atoms with van der Waals surface area (Å²) >= 11 is 0. The van der Waals surface area contributed by atoms with Crippen LogP contribution >= 0.6 is 0 Å². The highest BCUT2D eigenvalue weighted by molar-refractivity contribution is 6.47. The van der Waals surface area contributed by atoms with Crippen molar-refractivity contribution in [1.29, 1.82) is 0 Å². The normalized spacial score (nSPS) is 16.4. The number of allylic oxidation sites excluding steroid dienone is 1. The molecule has 16 heavy (non-hydrogen) atoms. The van der Waals surface area contributed by atoms with Crippen LogP contribution in [-0.2, 0) is 4.79 Å². The van der Waals surface area contributed by atoms with Crippen molar-refractivity contribution in [3.05, 3.63) is 53.6 Å². The van der Waals surface area contributed by atoms with Crippen molar-refractivity contribution in [3.63, 3.8) is 0 Å². The van der Waals surface area contributed by atoms with Gasteiger partial charge in [0.1, 0.15) is 0 Å². The van der Waals surface area contributed by atoms with Crippen LogP contribution in [0.3, 0.4) is 0 Å². The Labute approximate surface area is 91.9 Å². The van der Waals surface area contributed by atoms with Gasteiger partial charge in [0, 0.05) is 17.2 Å². The molecule has 1 aliphatic heterocycles. The molecular weight excluding hydrogens is 198 g/mol. The number of carbonyl (C=O) groups excluding carboxylic acids is 1. The van der Waals surface area contributed by atoms with E-state index in [1.54, 1.807) is 6.08 Å². The molecule has 0 N–H and O–H groups in total. The van der Waals surface area contributed by atoms with E-state index in [9.17, 15) is 4.79 Å². The van der Waals surface area contributed by atoms with Gasteiger partial charge in [0.2, 0.25) is 0 Å². The predicted octanol–water partition coefficient (Wildman–Crippen LogP) is 2.57. The predicted molar refractivity (Wildman–Crippen MR) is 63.5 cm³/mol. The van der Waals surface area contributed by atoms with Crippen LogP contribution < -0.4 is 0 Å². The molecular formula is C14H7NO. The van der Waals surface area contributed by atoms with E-state index in [2.05, 4.69) is 23.2 Å². The van der Waals surface area contributed by atoms with Gasteiger partial charge in [0.25, 0.3) is 5.91 Å². The minimum Gasteiger partial charge on any atom is -0.267 e. The number of nitrogens with zero attached hydrogens (tertiary/aromatic N) is 1. The second kappa shape index (κ2) is 2.47. The third kappa shape index (κ3) is 0.784. The smallest absolute Gasteiger partial charge is 0.267 e. The summed E-state index contributed by atoms with van der Waals surface area (Å²) in [5.41, 5.74) is 4.05. The molecule has 0 atom stereocenters. The van der Waals surface area contributed by atoms with Gasteiger partial charge in [-0.15, -0.1) is 0 Å². The zero-order valence-electron chi connectivity index (χ0n) is 8.40. The Balaban J connectivity index is 2.27. The lowest BCUT2D eigenvalue weighted by atomic mass is 10.0. The molecule has 1 heterocycles. The van der Waals surface area contributed by atoms with Gasteiger partial charge in [-0.2, -0.15) is 0 Å². The molecule has 2 heteroatoms. The van der Waals surface area contributed by atoms with Gasteiger partial charge in [-0.05, 0) is 16.3 Å². The number of hydrogen-bond donors (Lipinski definition) is 0. The van der Waals surface area contributed by atoms with Gasteiger partial charge in [0.05, 0.1) is 5.71 Å². The number of benzene rings is 2. The Hall–Kier alpha value is -2.22. The molecule has 2 aromatic rings. The number of carbonyl (C=O) groups is 1. The van der Waals surface area contributed by atoms with Crippen molar-refractivity contribution in [2.45, 2.75) is 0 Å². The monoisotopic (exact) mass is 205 g/mol.